The topological polar surface area (TPSA) is 185 Å². The molecule has 2 aliphatic rings. The number of β-amino-alcohol motifs (C(OH)–C–C–N with tert-alkyl or cyclic N) is 1. The van der Waals surface area contributed by atoms with E-state index in [0.717, 1.165) is 22.4 Å². The number of rotatable bonds is 13. The van der Waals surface area contributed by atoms with Crippen molar-refractivity contribution >= 4 is 35.0 Å². The number of H-pyrrole nitrogens is 1. The van der Waals surface area contributed by atoms with Crippen molar-refractivity contribution in [2.75, 3.05) is 50.1 Å². The standard InChI is InChI=1S/C45H55N9O6/c1-8-30-12-13-31(28(2)22-30)25-46-43(58)38-24-33(55)27-54(38)44(59)41(45(4,5)6)50-40(56)17-19-52-20-21-53(26-29(52)3)32-14-15-36(39(23-32)60-7)49-42(57)37-11-9-10-34(48-37)35-16-18-47-51-35/h1,9-16,18,22-23,29,33,38,41,55H,17,19-21,24-27H2,2-7H3,(H,46,58)(H,47,51)(H,49,57)(H,50,56)/t29-,33-,38+,41-/m1/s1. The summed E-state index contributed by atoms with van der Waals surface area (Å²) in [6, 6.07) is 16.5. The normalized spacial score (nSPS) is 18.7. The fraction of sp³-hybridized carbons (Fsp3) is 0.422. The quantitative estimate of drug-likeness (QED) is 0.125. The van der Waals surface area contributed by atoms with Gasteiger partial charge in [-0.15, -0.1) is 6.42 Å². The first-order chi connectivity index (χ1) is 28.6. The fourth-order valence-corrected chi connectivity index (χ4v) is 7.72. The number of pyridine rings is 1. The molecular formula is C45H55N9O6. The van der Waals surface area contributed by atoms with Gasteiger partial charge in [-0.25, -0.2) is 4.98 Å². The van der Waals surface area contributed by atoms with Gasteiger partial charge in [-0.05, 0) is 72.9 Å². The number of methoxy groups -OCH3 is 1. The van der Waals surface area contributed by atoms with Crippen molar-refractivity contribution in [3.63, 3.8) is 0 Å². The summed E-state index contributed by atoms with van der Waals surface area (Å²) in [4.78, 5) is 64.6. The molecule has 6 rings (SSSR count). The lowest BCUT2D eigenvalue weighted by molar-refractivity contribution is -0.144. The second-order valence-corrected chi connectivity index (χ2v) is 16.6. The molecule has 0 aliphatic carbocycles. The number of aliphatic hydroxyl groups is 1. The lowest BCUT2D eigenvalue weighted by Crippen LogP contribution is -2.58. The number of nitrogens with one attached hydrogen (secondary N) is 4. The highest BCUT2D eigenvalue weighted by atomic mass is 16.5. The summed E-state index contributed by atoms with van der Waals surface area (Å²) >= 11 is 0. The number of nitrogens with zero attached hydrogens (tertiary/aromatic N) is 5. The number of ether oxygens (including phenoxy) is 1. The first-order valence-electron chi connectivity index (χ1n) is 20.2. The number of carbonyl (C=O) groups is 4. The van der Waals surface area contributed by atoms with E-state index < -0.39 is 29.5 Å². The van der Waals surface area contributed by atoms with Crippen molar-refractivity contribution in [2.24, 2.45) is 5.41 Å². The van der Waals surface area contributed by atoms with Crippen LogP contribution in [0.4, 0.5) is 11.4 Å². The molecule has 2 aromatic carbocycles. The summed E-state index contributed by atoms with van der Waals surface area (Å²) in [5.74, 6) is 1.70. The van der Waals surface area contributed by atoms with Crippen molar-refractivity contribution < 1.29 is 29.0 Å². The van der Waals surface area contributed by atoms with Crippen molar-refractivity contribution in [2.45, 2.75) is 78.2 Å². The number of hydrogen-bond donors (Lipinski definition) is 5. The van der Waals surface area contributed by atoms with Gasteiger partial charge in [-0.1, -0.05) is 38.8 Å². The summed E-state index contributed by atoms with van der Waals surface area (Å²) < 4.78 is 5.68. The molecule has 0 saturated carbocycles. The van der Waals surface area contributed by atoms with E-state index in [1.54, 1.807) is 37.6 Å². The summed E-state index contributed by atoms with van der Waals surface area (Å²) in [5, 5.41) is 26.3. The Morgan fingerprint density at radius 2 is 1.85 bits per heavy atom. The number of aromatic nitrogens is 3. The molecule has 15 heteroatoms. The van der Waals surface area contributed by atoms with Gasteiger partial charge in [-0.2, -0.15) is 5.10 Å². The van der Waals surface area contributed by atoms with Crippen LogP contribution in [0.2, 0.25) is 0 Å². The number of aliphatic hydroxyl groups excluding tert-OH is 1. The predicted octanol–water partition coefficient (Wildman–Crippen LogP) is 3.73. The van der Waals surface area contributed by atoms with Gasteiger partial charge in [0.05, 0.1) is 24.6 Å². The predicted molar refractivity (Wildman–Crippen MR) is 229 cm³/mol. The second-order valence-electron chi connectivity index (χ2n) is 16.6. The van der Waals surface area contributed by atoms with Gasteiger partial charge in [0.25, 0.3) is 5.91 Å². The summed E-state index contributed by atoms with van der Waals surface area (Å²) in [6.07, 6.45) is 6.63. The summed E-state index contributed by atoms with van der Waals surface area (Å²) in [7, 11) is 1.56. The van der Waals surface area contributed by atoms with Crippen LogP contribution in [0, 0.1) is 24.7 Å². The number of piperazine rings is 1. The van der Waals surface area contributed by atoms with E-state index in [1.807, 2.05) is 64.1 Å². The largest absolute Gasteiger partial charge is 0.494 e. The van der Waals surface area contributed by atoms with E-state index in [9.17, 15) is 24.3 Å². The molecule has 0 spiro atoms. The Labute approximate surface area is 351 Å². The van der Waals surface area contributed by atoms with Crippen molar-refractivity contribution in [3.05, 3.63) is 89.2 Å². The zero-order valence-electron chi connectivity index (χ0n) is 35.1. The molecule has 0 radical (unpaired) electrons. The smallest absolute Gasteiger partial charge is 0.274 e. The van der Waals surface area contributed by atoms with E-state index in [0.29, 0.717) is 49.0 Å². The Hall–Kier alpha value is -6.24. The van der Waals surface area contributed by atoms with Crippen LogP contribution in [0.15, 0.2) is 66.9 Å². The van der Waals surface area contributed by atoms with Crippen molar-refractivity contribution in [1.82, 2.24) is 35.6 Å². The maximum Gasteiger partial charge on any atom is 0.274 e. The SMILES string of the molecule is C#Cc1ccc(CNC(=O)[C@@H]2C[C@@H](O)CN2C(=O)[C@@H](NC(=O)CCN2CCN(c3ccc(NC(=O)c4cccc(-c5cc[nH]n5)n4)c(OC)c3)C[C@H]2C)C(C)(C)C)c(C)c1. The number of terminal acetylenes is 1. The van der Waals surface area contributed by atoms with E-state index in [2.05, 4.69) is 53.8 Å². The first-order valence-corrected chi connectivity index (χ1v) is 20.2. The van der Waals surface area contributed by atoms with Gasteiger partial charge < -0.3 is 35.6 Å². The number of hydrogen-bond acceptors (Lipinski definition) is 10. The highest BCUT2D eigenvalue weighted by Gasteiger charge is 2.44. The lowest BCUT2D eigenvalue weighted by atomic mass is 9.85. The van der Waals surface area contributed by atoms with Gasteiger partial charge in [0, 0.05) is 81.7 Å². The third-order valence-corrected chi connectivity index (χ3v) is 11.2. The molecule has 2 aliphatic heterocycles. The monoisotopic (exact) mass is 817 g/mol. The number of aryl methyl sites for hydroxylation is 1. The summed E-state index contributed by atoms with van der Waals surface area (Å²) in [5.41, 5.74) is 4.83. The third-order valence-electron chi connectivity index (χ3n) is 11.2. The highest BCUT2D eigenvalue weighted by molar-refractivity contribution is 6.04. The zero-order chi connectivity index (χ0) is 43.1. The molecule has 4 aromatic rings. The Balaban J connectivity index is 1.01. The van der Waals surface area contributed by atoms with E-state index >= 15 is 0 Å². The number of aromatic amines is 1. The molecule has 15 nitrogen and oxygen atoms in total. The van der Waals surface area contributed by atoms with E-state index in [4.69, 9.17) is 11.2 Å². The molecule has 0 unspecified atom stereocenters. The number of amides is 4. The minimum Gasteiger partial charge on any atom is -0.494 e. The van der Waals surface area contributed by atoms with Gasteiger partial charge >= 0.3 is 0 Å². The minimum atomic E-state index is -0.913. The van der Waals surface area contributed by atoms with Crippen molar-refractivity contribution in [1.29, 1.82) is 0 Å². The molecule has 2 fully saturated rings. The molecule has 60 heavy (non-hydrogen) atoms. The maximum atomic E-state index is 14.1. The van der Waals surface area contributed by atoms with Crippen LogP contribution in [0.3, 0.4) is 0 Å². The maximum absolute atomic E-state index is 14.1. The van der Waals surface area contributed by atoms with E-state index in [-0.39, 0.29) is 55.4 Å². The van der Waals surface area contributed by atoms with Crippen LogP contribution in [0.25, 0.3) is 11.4 Å². The zero-order valence-corrected chi connectivity index (χ0v) is 35.1. The van der Waals surface area contributed by atoms with Gasteiger partial charge in [0.15, 0.2) is 0 Å². The van der Waals surface area contributed by atoms with Crippen LogP contribution in [0.5, 0.6) is 5.75 Å². The third kappa shape index (κ3) is 10.3. The average Bonchev–Trinajstić information content (AvgIpc) is 3.92. The van der Waals surface area contributed by atoms with Crippen LogP contribution < -0.4 is 25.6 Å². The highest BCUT2D eigenvalue weighted by Crippen LogP contribution is 2.32. The molecule has 0 bridgehead atoms. The van der Waals surface area contributed by atoms with Crippen LogP contribution in [-0.4, -0.2) is 118 Å². The Kier molecular flexibility index (Phi) is 13.6. The summed E-state index contributed by atoms with van der Waals surface area (Å²) in [6.45, 7) is 12.5. The minimum absolute atomic E-state index is 0.000555. The van der Waals surface area contributed by atoms with Gasteiger partial charge in [0.2, 0.25) is 17.7 Å². The number of carbonyl (C=O) groups excluding carboxylic acids is 4. The molecule has 4 heterocycles. The molecule has 4 amide bonds. The second kappa shape index (κ2) is 18.8. The van der Waals surface area contributed by atoms with Crippen LogP contribution in [-0.2, 0) is 20.9 Å². The first kappa shape index (κ1) is 43.3. The number of benzene rings is 2. The van der Waals surface area contributed by atoms with Crippen LogP contribution in [0.1, 0.15) is 67.7 Å². The molecule has 4 atom stereocenters. The fourth-order valence-electron chi connectivity index (χ4n) is 7.72. The number of anilines is 2. The molecule has 5 N–H and O–H groups in total. The Morgan fingerprint density at radius 3 is 2.53 bits per heavy atom. The lowest BCUT2D eigenvalue weighted by Gasteiger charge is -2.41. The van der Waals surface area contributed by atoms with Gasteiger partial charge in [0.1, 0.15) is 29.2 Å². The molecule has 2 saturated heterocycles. The molecular weight excluding hydrogens is 763 g/mol. The van der Waals surface area contributed by atoms with Gasteiger partial charge in [-0.3, -0.25) is 29.2 Å². The Morgan fingerprint density at radius 1 is 1.05 bits per heavy atom. The Bertz CT molecular complexity index is 2230. The number of likely N-dealkylation sites (tertiary alicyclic amines) is 1. The van der Waals surface area contributed by atoms with Crippen molar-refractivity contribution in [3.8, 4) is 29.5 Å². The molecule has 2 aromatic heterocycles. The van der Waals surface area contributed by atoms with Crippen LogP contribution >= 0.6 is 0 Å². The molecule has 316 valence electrons. The van der Waals surface area contributed by atoms with E-state index in [1.165, 1.54) is 4.90 Å². The average molecular weight is 818 g/mol.